The van der Waals surface area contributed by atoms with Gasteiger partial charge in [-0.2, -0.15) is 18.3 Å². The molecule has 0 amide bonds. The third-order valence-electron chi connectivity index (χ3n) is 5.87. The summed E-state index contributed by atoms with van der Waals surface area (Å²) in [6.45, 7) is 7.65. The van der Waals surface area contributed by atoms with Crippen LogP contribution >= 0.6 is 15.9 Å². The number of halogens is 4. The Labute approximate surface area is 185 Å². The Balaban J connectivity index is 1.94. The maximum atomic E-state index is 13.7. The lowest BCUT2D eigenvalue weighted by Crippen LogP contribution is -2.25. The Hall–Kier alpha value is -2.36. The van der Waals surface area contributed by atoms with Crippen LogP contribution in [0.1, 0.15) is 55.7 Å². The highest BCUT2D eigenvalue weighted by atomic mass is 79.9. The molecule has 0 N–H and O–H groups in total. The molecule has 4 rings (SSSR count). The zero-order valence-corrected chi connectivity index (χ0v) is 19.1. The molecule has 0 saturated heterocycles. The first kappa shape index (κ1) is 21.9. The lowest BCUT2D eigenvalue weighted by Gasteiger charge is -2.20. The minimum Gasteiger partial charge on any atom is -0.464 e. The van der Waals surface area contributed by atoms with Crippen LogP contribution in [0.5, 0.6) is 0 Å². The number of hydrogen-bond acceptors (Lipinski definition) is 4. The van der Waals surface area contributed by atoms with E-state index < -0.39 is 23.8 Å². The quantitative estimate of drug-likeness (QED) is 0.466. The van der Waals surface area contributed by atoms with Crippen molar-refractivity contribution in [2.45, 2.75) is 58.3 Å². The van der Waals surface area contributed by atoms with Crippen molar-refractivity contribution in [2.24, 2.45) is 0 Å². The Morgan fingerprint density at radius 1 is 1.39 bits per heavy atom. The highest BCUT2D eigenvalue weighted by Gasteiger charge is 2.39. The maximum absolute atomic E-state index is 13.7. The van der Waals surface area contributed by atoms with Crippen molar-refractivity contribution in [2.75, 3.05) is 6.61 Å². The molecule has 31 heavy (non-hydrogen) atoms. The first-order chi connectivity index (χ1) is 14.5. The fourth-order valence-corrected chi connectivity index (χ4v) is 4.57. The van der Waals surface area contributed by atoms with E-state index in [0.717, 1.165) is 18.2 Å². The first-order valence-corrected chi connectivity index (χ1v) is 10.7. The molecule has 1 aliphatic heterocycles. The van der Waals surface area contributed by atoms with Gasteiger partial charge in [0.05, 0.1) is 29.7 Å². The molecule has 6 nitrogen and oxygen atoms in total. The van der Waals surface area contributed by atoms with E-state index in [9.17, 15) is 18.0 Å². The van der Waals surface area contributed by atoms with Gasteiger partial charge in [-0.15, -0.1) is 0 Å². The summed E-state index contributed by atoms with van der Waals surface area (Å²) < 4.78 is 49.9. The molecule has 0 spiro atoms. The van der Waals surface area contributed by atoms with Gasteiger partial charge in [0, 0.05) is 27.3 Å². The van der Waals surface area contributed by atoms with E-state index in [-0.39, 0.29) is 23.0 Å². The Kier molecular flexibility index (Phi) is 5.19. The molecule has 0 radical (unpaired) electrons. The molecule has 166 valence electrons. The van der Waals surface area contributed by atoms with Crippen molar-refractivity contribution >= 4 is 32.8 Å². The van der Waals surface area contributed by atoms with Crippen LogP contribution in [-0.2, 0) is 27.7 Å². The number of nitrogens with zero attached hydrogens (tertiary/aromatic N) is 4. The summed E-state index contributed by atoms with van der Waals surface area (Å²) in [6, 6.07) is -0.0309. The van der Waals surface area contributed by atoms with Gasteiger partial charge in [0.25, 0.3) is 0 Å². The van der Waals surface area contributed by atoms with E-state index in [0.29, 0.717) is 22.2 Å². The average Bonchev–Trinajstić information content (AvgIpc) is 3.35. The molecule has 0 saturated carbocycles. The van der Waals surface area contributed by atoms with Crippen LogP contribution in [0, 0.1) is 6.92 Å². The molecular formula is C21H22BrF3N4O2. The standard InChI is InChI=1S/C21H22BrF3N4O2/c1-5-31-19(30)18(17-15-6-7-20(3,4)28(15)10-26-17)29-9-12-13(21(23,24)25)8-14(22)11(2)16(12)27-29/h8-10,18H,5-7H2,1-4H3. The van der Waals surface area contributed by atoms with Gasteiger partial charge in [0.1, 0.15) is 0 Å². The second-order valence-electron chi connectivity index (χ2n) is 8.31. The van der Waals surface area contributed by atoms with Crippen LogP contribution in [0.15, 0.2) is 23.1 Å². The fourth-order valence-electron chi connectivity index (χ4n) is 4.16. The van der Waals surface area contributed by atoms with E-state index in [1.54, 1.807) is 20.2 Å². The van der Waals surface area contributed by atoms with Crippen molar-refractivity contribution < 1.29 is 22.7 Å². The third-order valence-corrected chi connectivity index (χ3v) is 6.69. The van der Waals surface area contributed by atoms with Crippen LogP contribution in [-0.4, -0.2) is 31.9 Å². The largest absolute Gasteiger partial charge is 0.464 e. The number of carbonyl (C=O) groups is 1. The second kappa shape index (κ2) is 7.36. The molecule has 0 fully saturated rings. The zero-order valence-electron chi connectivity index (χ0n) is 17.5. The Morgan fingerprint density at radius 2 is 2.10 bits per heavy atom. The molecule has 3 aromatic rings. The number of rotatable bonds is 4. The van der Waals surface area contributed by atoms with Gasteiger partial charge in [-0.1, -0.05) is 15.9 Å². The lowest BCUT2D eigenvalue weighted by molar-refractivity contribution is -0.146. The van der Waals surface area contributed by atoms with Gasteiger partial charge < -0.3 is 9.30 Å². The number of carbonyl (C=O) groups excluding carboxylic acids is 1. The highest BCUT2D eigenvalue weighted by molar-refractivity contribution is 9.10. The van der Waals surface area contributed by atoms with E-state index in [1.807, 2.05) is 4.57 Å². The number of fused-ring (bicyclic) bond motifs is 2. The van der Waals surface area contributed by atoms with Gasteiger partial charge in [-0.25, -0.2) is 9.78 Å². The molecule has 1 atom stereocenters. The predicted molar refractivity (Wildman–Crippen MR) is 112 cm³/mol. The number of aromatic nitrogens is 4. The highest BCUT2D eigenvalue weighted by Crippen LogP contribution is 2.40. The van der Waals surface area contributed by atoms with Crippen molar-refractivity contribution in [3.63, 3.8) is 0 Å². The van der Waals surface area contributed by atoms with E-state index >= 15 is 0 Å². The monoisotopic (exact) mass is 498 g/mol. The normalized spacial score (nSPS) is 16.5. The van der Waals surface area contributed by atoms with E-state index in [1.165, 1.54) is 10.9 Å². The zero-order chi connectivity index (χ0) is 22.7. The van der Waals surface area contributed by atoms with Gasteiger partial charge in [0.2, 0.25) is 0 Å². The van der Waals surface area contributed by atoms with Gasteiger partial charge in [-0.05, 0) is 52.2 Å². The summed E-state index contributed by atoms with van der Waals surface area (Å²) in [5.41, 5.74) is 1.09. The summed E-state index contributed by atoms with van der Waals surface area (Å²) in [5.74, 6) is -0.605. The van der Waals surface area contributed by atoms with Gasteiger partial charge in [0.15, 0.2) is 6.04 Å². The Morgan fingerprint density at radius 3 is 2.74 bits per heavy atom. The number of imidazole rings is 1. The van der Waals surface area contributed by atoms with E-state index in [2.05, 4.69) is 39.9 Å². The molecule has 10 heteroatoms. The number of esters is 1. The van der Waals surface area contributed by atoms with Crippen molar-refractivity contribution in [1.29, 1.82) is 0 Å². The number of hydrogen-bond donors (Lipinski definition) is 0. The molecule has 2 aromatic heterocycles. The minimum absolute atomic E-state index is 0.0707. The third kappa shape index (κ3) is 3.54. The molecular weight excluding hydrogens is 477 g/mol. The van der Waals surface area contributed by atoms with Crippen LogP contribution in [0.2, 0.25) is 0 Å². The summed E-state index contributed by atoms with van der Waals surface area (Å²) in [7, 11) is 0. The Bertz CT molecular complexity index is 1180. The van der Waals surface area contributed by atoms with Crippen LogP contribution in [0.25, 0.3) is 10.9 Å². The topological polar surface area (TPSA) is 61.9 Å². The van der Waals surface area contributed by atoms with Crippen LogP contribution in [0.4, 0.5) is 13.2 Å². The maximum Gasteiger partial charge on any atom is 0.417 e. The number of alkyl halides is 3. The van der Waals surface area contributed by atoms with Crippen LogP contribution in [0.3, 0.4) is 0 Å². The number of benzene rings is 1. The first-order valence-electron chi connectivity index (χ1n) is 9.94. The SMILES string of the molecule is CCOC(=O)C(c1ncn2c1CCC2(C)C)n1cc2c(C(F)(F)F)cc(Br)c(C)c2n1. The van der Waals surface area contributed by atoms with Crippen molar-refractivity contribution in [3.05, 3.63) is 45.6 Å². The summed E-state index contributed by atoms with van der Waals surface area (Å²) >= 11 is 3.19. The van der Waals surface area contributed by atoms with E-state index in [4.69, 9.17) is 4.74 Å². The molecule has 1 aliphatic rings. The summed E-state index contributed by atoms with van der Waals surface area (Å²) in [6.07, 6.45) is -0.0430. The fraction of sp³-hybridized carbons (Fsp3) is 0.476. The molecule has 0 aliphatic carbocycles. The molecule has 0 bridgehead atoms. The van der Waals surface area contributed by atoms with Gasteiger partial charge >= 0.3 is 12.1 Å². The summed E-state index contributed by atoms with van der Waals surface area (Å²) in [5, 5.41) is 4.33. The molecule has 3 heterocycles. The van der Waals surface area contributed by atoms with Crippen LogP contribution < -0.4 is 0 Å². The smallest absolute Gasteiger partial charge is 0.417 e. The lowest BCUT2D eigenvalue weighted by atomic mass is 10.0. The molecule has 1 unspecified atom stereocenters. The number of aryl methyl sites for hydroxylation is 1. The molecule has 1 aromatic carbocycles. The van der Waals surface area contributed by atoms with Gasteiger partial charge in [-0.3, -0.25) is 4.68 Å². The second-order valence-corrected chi connectivity index (χ2v) is 9.17. The van der Waals surface area contributed by atoms with Crippen molar-refractivity contribution in [3.8, 4) is 0 Å². The predicted octanol–water partition coefficient (Wildman–Crippen LogP) is 5.16. The number of ether oxygens (including phenoxy) is 1. The summed E-state index contributed by atoms with van der Waals surface area (Å²) in [4.78, 5) is 17.4. The average molecular weight is 499 g/mol. The van der Waals surface area contributed by atoms with Crippen molar-refractivity contribution in [1.82, 2.24) is 19.3 Å². The minimum atomic E-state index is -4.57.